The third-order valence-corrected chi connectivity index (χ3v) is 3.53. The molecule has 3 N–H and O–H groups in total. The molecule has 2 atom stereocenters. The van der Waals surface area contributed by atoms with Crippen molar-refractivity contribution in [2.24, 2.45) is 11.7 Å². The number of aliphatic hydroxyl groups excluding tert-OH is 1. The highest BCUT2D eigenvalue weighted by Crippen LogP contribution is 2.33. The number of ether oxygens (including phenoxy) is 1. The van der Waals surface area contributed by atoms with Gasteiger partial charge in [-0.1, -0.05) is 0 Å². The summed E-state index contributed by atoms with van der Waals surface area (Å²) < 4.78 is 5.36. The van der Waals surface area contributed by atoms with Crippen LogP contribution in [0.5, 0.6) is 0 Å². The summed E-state index contributed by atoms with van der Waals surface area (Å²) >= 11 is 0. The van der Waals surface area contributed by atoms with E-state index in [-0.39, 0.29) is 19.1 Å². The molecule has 1 aromatic heterocycles. The number of aromatic nitrogens is 2. The predicted molar refractivity (Wildman–Crippen MR) is 76.3 cm³/mol. The van der Waals surface area contributed by atoms with Gasteiger partial charge in [-0.15, -0.1) is 0 Å². The Balaban J connectivity index is 2.20. The number of carbonyl (C=O) groups excluding carboxylic acids is 1. The van der Waals surface area contributed by atoms with Gasteiger partial charge in [0.25, 0.3) is 0 Å². The zero-order valence-corrected chi connectivity index (χ0v) is 12.6. The first-order valence-electron chi connectivity index (χ1n) is 6.90. The summed E-state index contributed by atoms with van der Waals surface area (Å²) in [5.74, 6) is -0.304. The highest BCUT2D eigenvalue weighted by Gasteiger charge is 2.48. The van der Waals surface area contributed by atoms with Crippen LogP contribution in [0.15, 0.2) is 18.6 Å². The average molecular weight is 294 g/mol. The Bertz CT molecular complexity index is 503. The van der Waals surface area contributed by atoms with Gasteiger partial charge in [0.15, 0.2) is 0 Å². The average Bonchev–Trinajstić information content (AvgIpc) is 2.76. The lowest BCUT2D eigenvalue weighted by molar-refractivity contribution is 0.0279. The molecule has 1 aromatic rings. The molecule has 1 saturated heterocycles. The van der Waals surface area contributed by atoms with E-state index < -0.39 is 17.2 Å². The van der Waals surface area contributed by atoms with E-state index in [2.05, 4.69) is 9.97 Å². The number of rotatable bonds is 2. The standard InChI is InChI=1S/C14H22N4O3/c1-13(2,3)21-12(20)18-7-10(8-19)14(15,9-18)11-6-16-4-5-17-11/h4-6,10,19H,7-9,15H2,1-3H3. The molecule has 7 nitrogen and oxygen atoms in total. The lowest BCUT2D eigenvalue weighted by Crippen LogP contribution is -2.47. The Kier molecular flexibility index (Phi) is 4.15. The maximum absolute atomic E-state index is 12.2. The molecular formula is C14H22N4O3. The number of carbonyl (C=O) groups is 1. The van der Waals surface area contributed by atoms with Crippen LogP contribution in [0.25, 0.3) is 0 Å². The van der Waals surface area contributed by atoms with E-state index >= 15 is 0 Å². The van der Waals surface area contributed by atoms with Gasteiger partial charge in [-0.05, 0) is 20.8 Å². The monoisotopic (exact) mass is 294 g/mol. The summed E-state index contributed by atoms with van der Waals surface area (Å²) in [7, 11) is 0. The van der Waals surface area contributed by atoms with E-state index in [1.54, 1.807) is 18.6 Å². The van der Waals surface area contributed by atoms with Crippen LogP contribution < -0.4 is 5.73 Å². The third-order valence-electron chi connectivity index (χ3n) is 3.53. The Morgan fingerprint density at radius 1 is 1.57 bits per heavy atom. The minimum Gasteiger partial charge on any atom is -0.444 e. The number of aliphatic hydroxyl groups is 1. The SMILES string of the molecule is CC(C)(C)OC(=O)N1CC(CO)C(N)(c2cnccn2)C1. The molecule has 1 aliphatic heterocycles. The van der Waals surface area contributed by atoms with Crippen LogP contribution in [0.3, 0.4) is 0 Å². The van der Waals surface area contributed by atoms with Crippen LogP contribution in [0.4, 0.5) is 4.79 Å². The van der Waals surface area contributed by atoms with Crippen molar-refractivity contribution in [3.63, 3.8) is 0 Å². The Morgan fingerprint density at radius 2 is 2.29 bits per heavy atom. The van der Waals surface area contributed by atoms with E-state index in [9.17, 15) is 9.90 Å². The van der Waals surface area contributed by atoms with Gasteiger partial charge in [-0.2, -0.15) is 0 Å². The van der Waals surface area contributed by atoms with Gasteiger partial charge in [0.2, 0.25) is 0 Å². The van der Waals surface area contributed by atoms with Gasteiger partial charge in [-0.25, -0.2) is 4.79 Å². The highest BCUT2D eigenvalue weighted by atomic mass is 16.6. The Hall–Kier alpha value is -1.73. The van der Waals surface area contributed by atoms with Crippen LogP contribution in [0.2, 0.25) is 0 Å². The zero-order valence-electron chi connectivity index (χ0n) is 12.6. The first kappa shape index (κ1) is 15.7. The molecule has 2 rings (SSSR count). The van der Waals surface area contributed by atoms with Crippen molar-refractivity contribution in [2.75, 3.05) is 19.7 Å². The zero-order chi connectivity index (χ0) is 15.7. The number of amides is 1. The molecular weight excluding hydrogens is 272 g/mol. The van der Waals surface area contributed by atoms with E-state index in [1.807, 2.05) is 20.8 Å². The topological polar surface area (TPSA) is 102 Å². The van der Waals surface area contributed by atoms with E-state index in [4.69, 9.17) is 10.5 Å². The summed E-state index contributed by atoms with van der Waals surface area (Å²) in [4.78, 5) is 21.9. The van der Waals surface area contributed by atoms with E-state index in [0.717, 1.165) is 0 Å². The van der Waals surface area contributed by atoms with Crippen LogP contribution >= 0.6 is 0 Å². The lowest BCUT2D eigenvalue weighted by Gasteiger charge is -2.28. The van der Waals surface area contributed by atoms with Crippen molar-refractivity contribution >= 4 is 6.09 Å². The lowest BCUT2D eigenvalue weighted by atomic mass is 9.86. The van der Waals surface area contributed by atoms with Crippen LogP contribution in [0.1, 0.15) is 26.5 Å². The molecule has 2 unspecified atom stereocenters. The van der Waals surface area contributed by atoms with Crippen molar-refractivity contribution in [3.05, 3.63) is 24.3 Å². The molecule has 0 spiro atoms. The van der Waals surface area contributed by atoms with Crippen LogP contribution in [0, 0.1) is 5.92 Å². The summed E-state index contributed by atoms with van der Waals surface area (Å²) in [6, 6.07) is 0. The maximum atomic E-state index is 12.2. The first-order chi connectivity index (χ1) is 9.76. The molecule has 0 bridgehead atoms. The maximum Gasteiger partial charge on any atom is 0.410 e. The smallest absolute Gasteiger partial charge is 0.410 e. The molecule has 116 valence electrons. The van der Waals surface area contributed by atoms with Gasteiger partial charge in [0.05, 0.1) is 17.4 Å². The normalized spacial score (nSPS) is 26.0. The summed E-state index contributed by atoms with van der Waals surface area (Å²) in [5.41, 5.74) is 5.49. The molecule has 2 heterocycles. The number of hydrogen-bond donors (Lipinski definition) is 2. The van der Waals surface area contributed by atoms with Crippen LogP contribution in [-0.2, 0) is 10.3 Å². The van der Waals surface area contributed by atoms with Crippen molar-refractivity contribution in [1.82, 2.24) is 14.9 Å². The molecule has 1 aliphatic rings. The Labute approximate surface area is 124 Å². The third kappa shape index (κ3) is 3.30. The van der Waals surface area contributed by atoms with Gasteiger partial charge in [0.1, 0.15) is 5.60 Å². The molecule has 0 aromatic carbocycles. The molecule has 0 radical (unpaired) electrons. The summed E-state index contributed by atoms with van der Waals surface area (Å²) in [5, 5.41) is 9.59. The van der Waals surface area contributed by atoms with Gasteiger partial charge in [-0.3, -0.25) is 9.97 Å². The minimum atomic E-state index is -0.917. The number of nitrogens with two attached hydrogens (primary N) is 1. The number of hydrogen-bond acceptors (Lipinski definition) is 6. The van der Waals surface area contributed by atoms with Gasteiger partial charge < -0.3 is 20.5 Å². The quantitative estimate of drug-likeness (QED) is 0.823. The van der Waals surface area contributed by atoms with Gasteiger partial charge >= 0.3 is 6.09 Å². The minimum absolute atomic E-state index is 0.133. The van der Waals surface area contributed by atoms with E-state index in [1.165, 1.54) is 4.90 Å². The van der Waals surface area contributed by atoms with Crippen molar-refractivity contribution in [2.45, 2.75) is 31.9 Å². The second-order valence-corrected chi connectivity index (χ2v) is 6.37. The van der Waals surface area contributed by atoms with Gasteiger partial charge in [0, 0.05) is 38.0 Å². The number of nitrogens with zero attached hydrogens (tertiary/aromatic N) is 3. The second kappa shape index (κ2) is 5.57. The fourth-order valence-corrected chi connectivity index (χ4v) is 2.45. The highest BCUT2D eigenvalue weighted by molar-refractivity contribution is 5.69. The largest absolute Gasteiger partial charge is 0.444 e. The van der Waals surface area contributed by atoms with Crippen LogP contribution in [-0.4, -0.2) is 51.4 Å². The van der Waals surface area contributed by atoms with Crippen molar-refractivity contribution < 1.29 is 14.6 Å². The van der Waals surface area contributed by atoms with E-state index in [0.29, 0.717) is 12.2 Å². The molecule has 7 heteroatoms. The summed E-state index contributed by atoms with van der Waals surface area (Å²) in [6.07, 6.45) is 4.24. The first-order valence-corrected chi connectivity index (χ1v) is 6.90. The summed E-state index contributed by atoms with van der Waals surface area (Å²) in [6.45, 7) is 5.87. The fourth-order valence-electron chi connectivity index (χ4n) is 2.45. The Morgan fingerprint density at radius 3 is 2.81 bits per heavy atom. The molecule has 0 aliphatic carbocycles. The predicted octanol–water partition coefficient (Wildman–Crippen LogP) is 0.490. The van der Waals surface area contributed by atoms with Crippen molar-refractivity contribution in [1.29, 1.82) is 0 Å². The van der Waals surface area contributed by atoms with Crippen molar-refractivity contribution in [3.8, 4) is 0 Å². The molecule has 0 saturated carbocycles. The molecule has 1 amide bonds. The number of likely N-dealkylation sites (tertiary alicyclic amines) is 1. The fraction of sp³-hybridized carbons (Fsp3) is 0.643. The molecule has 21 heavy (non-hydrogen) atoms. The molecule has 1 fully saturated rings. The second-order valence-electron chi connectivity index (χ2n) is 6.37.